The van der Waals surface area contributed by atoms with Crippen LogP contribution in [0.4, 0.5) is 11.4 Å². The van der Waals surface area contributed by atoms with Gasteiger partial charge in [-0.15, -0.1) is 0 Å². The molecule has 0 amide bonds. The van der Waals surface area contributed by atoms with Gasteiger partial charge in [0, 0.05) is 38.6 Å². The molecule has 1 N–H and O–H groups in total. The van der Waals surface area contributed by atoms with E-state index in [9.17, 15) is 9.90 Å². The van der Waals surface area contributed by atoms with Gasteiger partial charge < -0.3 is 14.9 Å². The quantitative estimate of drug-likeness (QED) is 0.0481. The van der Waals surface area contributed by atoms with Crippen molar-refractivity contribution < 1.29 is 9.90 Å². The first-order valence-corrected chi connectivity index (χ1v) is 23.3. The largest absolute Gasteiger partial charge is 0.478 e. The molecule has 0 bridgehead atoms. The normalized spacial score (nSPS) is 11.7. The molecular formula is C56H76N2O2. The van der Waals surface area contributed by atoms with E-state index in [1.807, 2.05) is 12.1 Å². The number of unbranched alkanes of at least 4 members (excludes halogenated alkanes) is 14. The standard InChI is InChI=1S/C56H76N2O2/c1-8-10-12-14-16-18-20-22-42-57(6)51-35-26-48(27-36-51)31-40-54-44(3)53(39-30-47-24-33-50(34-25-47)56(59)60)45(4)55(46(54)5)41-32-49-28-37-52(38-29-49)58(7)43-23-21-19-17-15-13-11-9-2/h24-41H,8-23,42-43H2,1-7H3,(H,59,60). The first kappa shape index (κ1) is 47.8. The summed E-state index contributed by atoms with van der Waals surface area (Å²) in [6.07, 6.45) is 34.7. The number of hydrogen-bond acceptors (Lipinski definition) is 3. The van der Waals surface area contributed by atoms with E-state index in [0.29, 0.717) is 5.56 Å². The molecule has 0 aromatic heterocycles. The van der Waals surface area contributed by atoms with Gasteiger partial charge in [0.1, 0.15) is 0 Å². The van der Waals surface area contributed by atoms with Crippen LogP contribution in [0.25, 0.3) is 36.5 Å². The van der Waals surface area contributed by atoms with E-state index in [1.54, 1.807) is 12.1 Å². The maximum atomic E-state index is 11.5. The zero-order chi connectivity index (χ0) is 43.1. The predicted octanol–water partition coefficient (Wildman–Crippen LogP) is 16.0. The number of rotatable bonds is 27. The Hall–Kier alpha value is -4.83. The Balaban J connectivity index is 1.50. The number of aromatic carboxylic acids is 1. The number of carboxylic acid groups (broad SMARTS) is 1. The molecule has 4 nitrogen and oxygen atoms in total. The summed E-state index contributed by atoms with van der Waals surface area (Å²) in [5, 5.41) is 9.40. The number of anilines is 2. The fourth-order valence-electron chi connectivity index (χ4n) is 8.21. The summed E-state index contributed by atoms with van der Waals surface area (Å²) in [5.74, 6) is -0.912. The van der Waals surface area contributed by atoms with E-state index in [1.165, 1.54) is 159 Å². The van der Waals surface area contributed by atoms with Crippen LogP contribution in [-0.2, 0) is 0 Å². The average Bonchev–Trinajstić information content (AvgIpc) is 3.25. The van der Waals surface area contributed by atoms with Gasteiger partial charge in [0.15, 0.2) is 0 Å². The molecule has 0 atom stereocenters. The first-order valence-electron chi connectivity index (χ1n) is 23.3. The van der Waals surface area contributed by atoms with Gasteiger partial charge in [0.25, 0.3) is 0 Å². The fraction of sp³-hybridized carbons (Fsp3) is 0.446. The van der Waals surface area contributed by atoms with Crippen molar-refractivity contribution in [2.45, 2.75) is 137 Å². The van der Waals surface area contributed by atoms with Crippen LogP contribution in [-0.4, -0.2) is 38.3 Å². The molecule has 0 aliphatic carbocycles. The minimum absolute atomic E-state index is 0.293. The van der Waals surface area contributed by atoms with Crippen LogP contribution < -0.4 is 9.80 Å². The molecule has 4 aromatic rings. The van der Waals surface area contributed by atoms with Crippen molar-refractivity contribution in [3.8, 4) is 0 Å². The van der Waals surface area contributed by atoms with E-state index in [4.69, 9.17) is 0 Å². The van der Waals surface area contributed by atoms with Crippen LogP contribution >= 0.6 is 0 Å². The highest BCUT2D eigenvalue weighted by Gasteiger charge is 2.14. The molecule has 0 spiro atoms. The Kier molecular flexibility index (Phi) is 21.0. The number of carboxylic acids is 1. The lowest BCUT2D eigenvalue weighted by atomic mass is 9.87. The summed E-state index contributed by atoms with van der Waals surface area (Å²) in [7, 11) is 4.42. The van der Waals surface area contributed by atoms with Crippen LogP contribution in [0, 0.1) is 20.8 Å². The molecular weight excluding hydrogens is 733 g/mol. The molecule has 4 aromatic carbocycles. The highest BCUT2D eigenvalue weighted by atomic mass is 16.4. The van der Waals surface area contributed by atoms with E-state index in [0.717, 1.165) is 18.7 Å². The first-order chi connectivity index (χ1) is 29.1. The summed E-state index contributed by atoms with van der Waals surface area (Å²) in [5.41, 5.74) is 13.5. The molecule has 4 heteroatoms. The summed E-state index contributed by atoms with van der Waals surface area (Å²) in [4.78, 5) is 16.2. The van der Waals surface area contributed by atoms with Crippen LogP contribution in [0.2, 0.25) is 0 Å². The molecule has 0 radical (unpaired) electrons. The third-order valence-electron chi connectivity index (χ3n) is 12.3. The van der Waals surface area contributed by atoms with E-state index < -0.39 is 5.97 Å². The second-order valence-corrected chi connectivity index (χ2v) is 17.0. The van der Waals surface area contributed by atoms with E-state index >= 15 is 0 Å². The Bertz CT molecular complexity index is 1840. The van der Waals surface area contributed by atoms with Gasteiger partial charge in [-0.05, 0) is 120 Å². The van der Waals surface area contributed by atoms with Gasteiger partial charge in [-0.25, -0.2) is 4.79 Å². The maximum Gasteiger partial charge on any atom is 0.335 e. The van der Waals surface area contributed by atoms with Crippen LogP contribution in [0.1, 0.15) is 177 Å². The summed E-state index contributed by atoms with van der Waals surface area (Å²) in [6, 6.07) is 25.0. The minimum atomic E-state index is -0.912. The summed E-state index contributed by atoms with van der Waals surface area (Å²) in [6.45, 7) is 13.4. The maximum absolute atomic E-state index is 11.5. The SMILES string of the molecule is CCCCCCCCCCN(C)c1ccc(C=Cc2c(C)c(C=Cc3ccc(C(=O)O)cc3)c(C)c(C=Cc3ccc(N(C)CCCCCCCCCC)cc3)c2C)cc1. The van der Waals surface area contributed by atoms with E-state index in [-0.39, 0.29) is 0 Å². The van der Waals surface area contributed by atoms with Crippen LogP contribution in [0.15, 0.2) is 72.8 Å². The topological polar surface area (TPSA) is 43.8 Å². The Labute approximate surface area is 365 Å². The Morgan fingerprint density at radius 1 is 0.433 bits per heavy atom. The van der Waals surface area contributed by atoms with Crippen molar-refractivity contribution >= 4 is 53.8 Å². The molecule has 60 heavy (non-hydrogen) atoms. The Morgan fingerprint density at radius 3 is 1.02 bits per heavy atom. The molecule has 4 rings (SSSR count). The molecule has 0 unspecified atom stereocenters. The molecule has 0 aliphatic heterocycles. The van der Waals surface area contributed by atoms with Crippen molar-refractivity contribution in [1.82, 2.24) is 0 Å². The second kappa shape index (κ2) is 26.4. The Morgan fingerprint density at radius 2 is 0.717 bits per heavy atom. The number of carbonyl (C=O) groups is 1. The number of nitrogens with zero attached hydrogens (tertiary/aromatic N) is 2. The zero-order valence-corrected chi connectivity index (χ0v) is 38.4. The lowest BCUT2D eigenvalue weighted by molar-refractivity contribution is 0.0697. The molecule has 322 valence electrons. The third-order valence-corrected chi connectivity index (χ3v) is 12.3. The zero-order valence-electron chi connectivity index (χ0n) is 38.4. The summed E-state index contributed by atoms with van der Waals surface area (Å²) >= 11 is 0. The average molecular weight is 809 g/mol. The predicted molar refractivity (Wildman–Crippen MR) is 265 cm³/mol. The highest BCUT2D eigenvalue weighted by Crippen LogP contribution is 2.32. The number of hydrogen-bond donors (Lipinski definition) is 1. The molecule has 0 fully saturated rings. The van der Waals surface area contributed by atoms with Crippen molar-refractivity contribution in [2.75, 3.05) is 37.0 Å². The molecule has 0 saturated heterocycles. The van der Waals surface area contributed by atoms with Crippen LogP contribution in [0.3, 0.4) is 0 Å². The highest BCUT2D eigenvalue weighted by molar-refractivity contribution is 5.89. The van der Waals surface area contributed by atoms with Gasteiger partial charge in [0.05, 0.1) is 5.56 Å². The van der Waals surface area contributed by atoms with Crippen molar-refractivity contribution in [3.05, 3.63) is 128 Å². The van der Waals surface area contributed by atoms with E-state index in [2.05, 4.69) is 144 Å². The smallest absolute Gasteiger partial charge is 0.335 e. The van der Waals surface area contributed by atoms with Gasteiger partial charge in [-0.1, -0.05) is 177 Å². The van der Waals surface area contributed by atoms with Crippen molar-refractivity contribution in [1.29, 1.82) is 0 Å². The monoisotopic (exact) mass is 809 g/mol. The lowest BCUT2D eigenvalue weighted by Crippen LogP contribution is -2.18. The number of benzene rings is 4. The molecule has 0 saturated carbocycles. The minimum Gasteiger partial charge on any atom is -0.478 e. The van der Waals surface area contributed by atoms with Gasteiger partial charge >= 0.3 is 5.97 Å². The van der Waals surface area contributed by atoms with Gasteiger partial charge in [-0.3, -0.25) is 0 Å². The molecule has 0 heterocycles. The van der Waals surface area contributed by atoms with Gasteiger partial charge in [-0.2, -0.15) is 0 Å². The van der Waals surface area contributed by atoms with Crippen molar-refractivity contribution in [2.24, 2.45) is 0 Å². The lowest BCUT2D eigenvalue weighted by Gasteiger charge is -2.20. The van der Waals surface area contributed by atoms with Crippen LogP contribution in [0.5, 0.6) is 0 Å². The second-order valence-electron chi connectivity index (χ2n) is 17.0. The fourth-order valence-corrected chi connectivity index (χ4v) is 8.21. The van der Waals surface area contributed by atoms with Crippen molar-refractivity contribution in [3.63, 3.8) is 0 Å². The van der Waals surface area contributed by atoms with Gasteiger partial charge in [0.2, 0.25) is 0 Å². The molecule has 0 aliphatic rings. The summed E-state index contributed by atoms with van der Waals surface area (Å²) < 4.78 is 0. The third kappa shape index (κ3) is 15.6.